The summed E-state index contributed by atoms with van der Waals surface area (Å²) in [7, 11) is 0. The standard InChI is InChI=1S/C15H19NO2/c1-3-13-8-9-15(18-13)11-16-12-6-5-7-14(10-12)17-4-2/h5-10,16H,3-4,11H2,1-2H3. The largest absolute Gasteiger partial charge is 0.494 e. The van der Waals surface area contributed by atoms with Crippen LogP contribution < -0.4 is 10.1 Å². The van der Waals surface area contributed by atoms with Gasteiger partial charge in [0.2, 0.25) is 0 Å². The molecule has 1 heterocycles. The Labute approximate surface area is 108 Å². The van der Waals surface area contributed by atoms with Gasteiger partial charge < -0.3 is 14.5 Å². The summed E-state index contributed by atoms with van der Waals surface area (Å²) < 4.78 is 11.1. The number of nitrogens with one attached hydrogen (secondary N) is 1. The second kappa shape index (κ2) is 6.15. The maximum atomic E-state index is 5.64. The van der Waals surface area contributed by atoms with Crippen molar-refractivity contribution in [2.45, 2.75) is 26.8 Å². The molecule has 1 aromatic carbocycles. The van der Waals surface area contributed by atoms with Crippen LogP contribution in [0.3, 0.4) is 0 Å². The third-order valence-electron chi connectivity index (χ3n) is 2.68. The van der Waals surface area contributed by atoms with E-state index in [0.29, 0.717) is 13.2 Å². The molecule has 0 radical (unpaired) electrons. The molecule has 2 rings (SSSR count). The van der Waals surface area contributed by atoms with Crippen LogP contribution in [-0.2, 0) is 13.0 Å². The second-order valence-electron chi connectivity index (χ2n) is 4.04. The van der Waals surface area contributed by atoms with E-state index in [1.165, 1.54) is 0 Å². The molecule has 96 valence electrons. The van der Waals surface area contributed by atoms with Crippen LogP contribution in [0.1, 0.15) is 25.4 Å². The molecule has 0 bridgehead atoms. The van der Waals surface area contributed by atoms with Crippen molar-refractivity contribution < 1.29 is 9.15 Å². The van der Waals surface area contributed by atoms with E-state index in [2.05, 4.69) is 12.2 Å². The van der Waals surface area contributed by atoms with Crippen LogP contribution in [0.25, 0.3) is 0 Å². The molecule has 3 heteroatoms. The SMILES string of the molecule is CCOc1cccc(NCc2ccc(CC)o2)c1. The Balaban J connectivity index is 1.94. The smallest absolute Gasteiger partial charge is 0.123 e. The predicted molar refractivity (Wildman–Crippen MR) is 73.0 cm³/mol. The van der Waals surface area contributed by atoms with Gasteiger partial charge in [0, 0.05) is 18.2 Å². The number of hydrogen-bond donors (Lipinski definition) is 1. The molecule has 0 spiro atoms. The molecule has 3 nitrogen and oxygen atoms in total. The molecule has 1 aromatic heterocycles. The molecule has 0 atom stereocenters. The fourth-order valence-electron chi connectivity index (χ4n) is 1.76. The van der Waals surface area contributed by atoms with Crippen molar-refractivity contribution in [3.8, 4) is 5.75 Å². The van der Waals surface area contributed by atoms with Crippen LogP contribution in [0, 0.1) is 0 Å². The first-order chi connectivity index (χ1) is 8.81. The molecule has 0 amide bonds. The average Bonchev–Trinajstić information content (AvgIpc) is 2.85. The number of ether oxygens (including phenoxy) is 1. The number of rotatable bonds is 6. The van der Waals surface area contributed by atoms with Gasteiger partial charge in [0.05, 0.1) is 13.2 Å². The van der Waals surface area contributed by atoms with Crippen molar-refractivity contribution in [3.63, 3.8) is 0 Å². The Hall–Kier alpha value is -1.90. The fourth-order valence-corrected chi connectivity index (χ4v) is 1.76. The van der Waals surface area contributed by atoms with Crippen LogP contribution in [0.5, 0.6) is 5.75 Å². The molecule has 0 aliphatic rings. The van der Waals surface area contributed by atoms with Crippen LogP contribution in [0.4, 0.5) is 5.69 Å². The van der Waals surface area contributed by atoms with E-state index in [-0.39, 0.29) is 0 Å². The van der Waals surface area contributed by atoms with E-state index in [9.17, 15) is 0 Å². The first kappa shape index (κ1) is 12.6. The first-order valence-corrected chi connectivity index (χ1v) is 6.36. The molecule has 0 unspecified atom stereocenters. The lowest BCUT2D eigenvalue weighted by Gasteiger charge is -2.07. The van der Waals surface area contributed by atoms with Crippen molar-refractivity contribution in [1.82, 2.24) is 0 Å². The Morgan fingerprint density at radius 1 is 1.11 bits per heavy atom. The Morgan fingerprint density at radius 2 is 1.94 bits per heavy atom. The fraction of sp³-hybridized carbons (Fsp3) is 0.333. The van der Waals surface area contributed by atoms with Gasteiger partial charge in [0.25, 0.3) is 0 Å². The topological polar surface area (TPSA) is 34.4 Å². The van der Waals surface area contributed by atoms with Crippen LogP contribution in [0.15, 0.2) is 40.8 Å². The molecule has 2 aromatic rings. The maximum absolute atomic E-state index is 5.64. The lowest BCUT2D eigenvalue weighted by Crippen LogP contribution is -1.99. The van der Waals surface area contributed by atoms with Gasteiger partial charge in [-0.25, -0.2) is 0 Å². The third-order valence-corrected chi connectivity index (χ3v) is 2.68. The highest BCUT2D eigenvalue weighted by atomic mass is 16.5. The highest BCUT2D eigenvalue weighted by Gasteiger charge is 2.01. The van der Waals surface area contributed by atoms with Gasteiger partial charge in [-0.1, -0.05) is 13.0 Å². The minimum Gasteiger partial charge on any atom is -0.494 e. The summed E-state index contributed by atoms with van der Waals surface area (Å²) in [5.74, 6) is 2.86. The number of aryl methyl sites for hydroxylation is 1. The molecule has 0 fully saturated rings. The van der Waals surface area contributed by atoms with E-state index >= 15 is 0 Å². The normalized spacial score (nSPS) is 10.3. The molecule has 18 heavy (non-hydrogen) atoms. The zero-order chi connectivity index (χ0) is 12.8. The zero-order valence-electron chi connectivity index (χ0n) is 10.9. The van der Waals surface area contributed by atoms with E-state index < -0.39 is 0 Å². The lowest BCUT2D eigenvalue weighted by atomic mass is 10.3. The predicted octanol–water partition coefficient (Wildman–Crippen LogP) is 3.85. The number of furan rings is 1. The summed E-state index contributed by atoms with van der Waals surface area (Å²) in [5, 5.41) is 3.32. The first-order valence-electron chi connectivity index (χ1n) is 6.36. The summed E-state index contributed by atoms with van der Waals surface area (Å²) in [4.78, 5) is 0. The average molecular weight is 245 g/mol. The van der Waals surface area contributed by atoms with E-state index in [1.807, 2.05) is 43.3 Å². The van der Waals surface area contributed by atoms with Crippen molar-refractivity contribution in [3.05, 3.63) is 47.9 Å². The number of hydrogen-bond acceptors (Lipinski definition) is 3. The minimum atomic E-state index is 0.682. The van der Waals surface area contributed by atoms with Gasteiger partial charge in [-0.2, -0.15) is 0 Å². The second-order valence-corrected chi connectivity index (χ2v) is 4.04. The van der Waals surface area contributed by atoms with E-state index in [1.54, 1.807) is 0 Å². The Morgan fingerprint density at radius 3 is 2.67 bits per heavy atom. The van der Waals surface area contributed by atoms with Gasteiger partial charge >= 0.3 is 0 Å². The molecule has 0 saturated carbocycles. The monoisotopic (exact) mass is 245 g/mol. The minimum absolute atomic E-state index is 0.682. The summed E-state index contributed by atoms with van der Waals surface area (Å²) in [6.07, 6.45) is 0.930. The molecule has 0 aliphatic heterocycles. The number of anilines is 1. The van der Waals surface area contributed by atoms with Crippen LogP contribution >= 0.6 is 0 Å². The van der Waals surface area contributed by atoms with E-state index in [0.717, 1.165) is 29.4 Å². The highest BCUT2D eigenvalue weighted by Crippen LogP contribution is 2.18. The summed E-state index contributed by atoms with van der Waals surface area (Å²) in [6.45, 7) is 5.44. The van der Waals surface area contributed by atoms with E-state index in [4.69, 9.17) is 9.15 Å². The van der Waals surface area contributed by atoms with Gasteiger partial charge in [-0.05, 0) is 31.2 Å². The van der Waals surface area contributed by atoms with Crippen molar-refractivity contribution >= 4 is 5.69 Å². The molecule has 0 saturated heterocycles. The summed E-state index contributed by atoms with van der Waals surface area (Å²) >= 11 is 0. The Kier molecular flexibility index (Phi) is 4.29. The molecular weight excluding hydrogens is 226 g/mol. The van der Waals surface area contributed by atoms with Crippen molar-refractivity contribution in [2.75, 3.05) is 11.9 Å². The van der Waals surface area contributed by atoms with Gasteiger partial charge in [0.15, 0.2) is 0 Å². The Bertz CT molecular complexity index is 491. The van der Waals surface area contributed by atoms with Crippen molar-refractivity contribution in [1.29, 1.82) is 0 Å². The van der Waals surface area contributed by atoms with Crippen molar-refractivity contribution in [2.24, 2.45) is 0 Å². The van der Waals surface area contributed by atoms with Gasteiger partial charge in [-0.15, -0.1) is 0 Å². The van der Waals surface area contributed by atoms with Crippen LogP contribution in [0.2, 0.25) is 0 Å². The third kappa shape index (κ3) is 3.29. The highest BCUT2D eigenvalue weighted by molar-refractivity contribution is 5.48. The lowest BCUT2D eigenvalue weighted by molar-refractivity contribution is 0.340. The van der Waals surface area contributed by atoms with Gasteiger partial charge in [-0.3, -0.25) is 0 Å². The molecule has 0 aliphatic carbocycles. The summed E-state index contributed by atoms with van der Waals surface area (Å²) in [6, 6.07) is 12.0. The maximum Gasteiger partial charge on any atom is 0.123 e. The molecule has 1 N–H and O–H groups in total. The molecular formula is C15H19NO2. The number of benzene rings is 1. The zero-order valence-corrected chi connectivity index (χ0v) is 10.9. The quantitative estimate of drug-likeness (QED) is 0.839. The van der Waals surface area contributed by atoms with Gasteiger partial charge in [0.1, 0.15) is 17.3 Å². The summed E-state index contributed by atoms with van der Waals surface area (Å²) in [5.41, 5.74) is 1.04. The van der Waals surface area contributed by atoms with Crippen LogP contribution in [-0.4, -0.2) is 6.61 Å².